The summed E-state index contributed by atoms with van der Waals surface area (Å²) in [6, 6.07) is 53.5. The van der Waals surface area contributed by atoms with E-state index in [0.717, 1.165) is 10.8 Å². The summed E-state index contributed by atoms with van der Waals surface area (Å²) in [5.74, 6) is 0.445. The van der Waals surface area contributed by atoms with Crippen molar-refractivity contribution in [2.45, 2.75) is 19.8 Å². The van der Waals surface area contributed by atoms with Crippen LogP contribution in [-0.4, -0.2) is 0 Å². The zero-order chi connectivity index (χ0) is 31.6. The van der Waals surface area contributed by atoms with Gasteiger partial charge in [0.15, 0.2) is 0 Å². The van der Waals surface area contributed by atoms with Crippen molar-refractivity contribution in [2.75, 3.05) is 0 Å². The molecular weight excluding hydrogens is 573 g/mol. The standard InChI is InChI=1S/C45H32S/c1-28(2)34-24-25-40(44-39-20-9-10-21-41(39)46-45(34)44)43-37-18-7-5-16-35(37)42(36-17-6-8-19-38(36)43)33-15-11-14-31(27-33)32-23-22-29-12-3-4-13-30(29)26-32/h3-28H,1-2H3/i3D. The molecule has 0 bridgehead atoms. The molecule has 9 aromatic rings. The van der Waals surface area contributed by atoms with Crippen LogP contribution in [0.15, 0.2) is 152 Å². The van der Waals surface area contributed by atoms with Crippen molar-refractivity contribution in [1.82, 2.24) is 0 Å². The van der Waals surface area contributed by atoms with Crippen LogP contribution in [0.5, 0.6) is 0 Å². The van der Waals surface area contributed by atoms with Gasteiger partial charge in [-0.3, -0.25) is 0 Å². The Morgan fingerprint density at radius 3 is 1.89 bits per heavy atom. The number of rotatable bonds is 4. The van der Waals surface area contributed by atoms with Crippen molar-refractivity contribution >= 4 is 63.8 Å². The molecule has 0 amide bonds. The van der Waals surface area contributed by atoms with Crippen LogP contribution in [0.1, 0.15) is 26.7 Å². The van der Waals surface area contributed by atoms with Gasteiger partial charge in [-0.15, -0.1) is 11.3 Å². The zero-order valence-electron chi connectivity index (χ0n) is 26.8. The van der Waals surface area contributed by atoms with Gasteiger partial charge in [-0.2, -0.15) is 0 Å². The average molecular weight is 606 g/mol. The predicted molar refractivity (Wildman–Crippen MR) is 202 cm³/mol. The van der Waals surface area contributed by atoms with Gasteiger partial charge in [0, 0.05) is 20.2 Å². The van der Waals surface area contributed by atoms with Crippen molar-refractivity contribution in [2.24, 2.45) is 0 Å². The second kappa shape index (κ2) is 10.7. The molecule has 0 nitrogen and oxygen atoms in total. The monoisotopic (exact) mass is 605 g/mol. The van der Waals surface area contributed by atoms with Gasteiger partial charge >= 0.3 is 0 Å². The van der Waals surface area contributed by atoms with E-state index in [9.17, 15) is 0 Å². The summed E-state index contributed by atoms with van der Waals surface area (Å²) >= 11 is 1.93. The maximum absolute atomic E-state index is 8.01. The van der Waals surface area contributed by atoms with Gasteiger partial charge in [-0.1, -0.05) is 147 Å². The van der Waals surface area contributed by atoms with E-state index in [1.54, 1.807) is 0 Å². The molecule has 8 aromatic carbocycles. The van der Waals surface area contributed by atoms with Gasteiger partial charge in [0.05, 0.1) is 1.37 Å². The Morgan fingerprint density at radius 1 is 0.500 bits per heavy atom. The number of fused-ring (bicyclic) bond motifs is 6. The quantitative estimate of drug-likeness (QED) is 0.175. The Labute approximate surface area is 274 Å². The topological polar surface area (TPSA) is 0 Å². The third-order valence-corrected chi connectivity index (χ3v) is 10.8. The normalized spacial score (nSPS) is 12.2. The summed E-state index contributed by atoms with van der Waals surface area (Å²) in [6.45, 7) is 4.61. The highest BCUT2D eigenvalue weighted by Crippen LogP contribution is 2.49. The molecule has 1 aromatic heterocycles. The first kappa shape index (κ1) is 26.0. The highest BCUT2D eigenvalue weighted by molar-refractivity contribution is 7.26. The van der Waals surface area contributed by atoms with Crippen molar-refractivity contribution < 1.29 is 1.37 Å². The van der Waals surface area contributed by atoms with Crippen LogP contribution in [0.3, 0.4) is 0 Å². The minimum Gasteiger partial charge on any atom is -0.135 e. The maximum atomic E-state index is 8.01. The van der Waals surface area contributed by atoms with Crippen molar-refractivity contribution in [3.63, 3.8) is 0 Å². The van der Waals surface area contributed by atoms with E-state index in [4.69, 9.17) is 1.37 Å². The lowest BCUT2D eigenvalue weighted by Gasteiger charge is -2.19. The van der Waals surface area contributed by atoms with E-state index in [1.807, 2.05) is 29.5 Å². The van der Waals surface area contributed by atoms with Crippen LogP contribution in [0.4, 0.5) is 0 Å². The van der Waals surface area contributed by atoms with Crippen LogP contribution < -0.4 is 0 Å². The molecule has 0 unspecified atom stereocenters. The second-order valence-corrected chi connectivity index (χ2v) is 13.6. The van der Waals surface area contributed by atoms with Gasteiger partial charge in [-0.05, 0) is 95.4 Å². The Bertz CT molecular complexity index is 2620. The first-order valence-corrected chi connectivity index (χ1v) is 16.9. The number of hydrogen-bond acceptors (Lipinski definition) is 1. The van der Waals surface area contributed by atoms with Crippen molar-refractivity contribution in [1.29, 1.82) is 0 Å². The van der Waals surface area contributed by atoms with Gasteiger partial charge in [-0.25, -0.2) is 0 Å². The minimum atomic E-state index is 0.445. The molecule has 0 saturated carbocycles. The maximum Gasteiger partial charge on any atom is 0.0623 e. The average Bonchev–Trinajstić information content (AvgIpc) is 3.50. The molecule has 0 aliphatic heterocycles. The lowest BCUT2D eigenvalue weighted by Crippen LogP contribution is -1.93. The minimum absolute atomic E-state index is 0.445. The molecule has 1 heteroatoms. The van der Waals surface area contributed by atoms with Crippen LogP contribution in [0, 0.1) is 0 Å². The van der Waals surface area contributed by atoms with E-state index in [1.165, 1.54) is 80.7 Å². The van der Waals surface area contributed by atoms with Crippen LogP contribution in [0.2, 0.25) is 0 Å². The highest BCUT2D eigenvalue weighted by Gasteiger charge is 2.21. The lowest BCUT2D eigenvalue weighted by molar-refractivity contribution is 0.878. The Kier molecular flexibility index (Phi) is 6.05. The third kappa shape index (κ3) is 4.20. The molecule has 218 valence electrons. The van der Waals surface area contributed by atoms with Gasteiger partial charge in [0.1, 0.15) is 0 Å². The molecule has 9 rings (SSSR count). The summed E-state index contributed by atoms with van der Waals surface area (Å²) < 4.78 is 10.8. The molecule has 0 radical (unpaired) electrons. The fourth-order valence-electron chi connectivity index (χ4n) is 7.40. The van der Waals surface area contributed by atoms with E-state index in [0.29, 0.717) is 12.0 Å². The number of benzene rings is 8. The fraction of sp³-hybridized carbons (Fsp3) is 0.0667. The second-order valence-electron chi connectivity index (χ2n) is 12.6. The summed E-state index contributed by atoms with van der Waals surface area (Å²) in [4.78, 5) is 0. The molecule has 0 aliphatic carbocycles. The van der Waals surface area contributed by atoms with Gasteiger partial charge < -0.3 is 0 Å². The first-order valence-electron chi connectivity index (χ1n) is 16.5. The smallest absolute Gasteiger partial charge is 0.0623 e. The van der Waals surface area contributed by atoms with E-state index in [-0.39, 0.29) is 0 Å². The summed E-state index contributed by atoms with van der Waals surface area (Å²) in [6.07, 6.45) is 0. The number of thiophene rings is 1. The molecule has 0 spiro atoms. The van der Waals surface area contributed by atoms with Crippen LogP contribution in [0.25, 0.3) is 85.9 Å². The summed E-state index contributed by atoms with van der Waals surface area (Å²) in [7, 11) is 0. The molecular formula is C45H32S. The Balaban J connectivity index is 1.33. The summed E-state index contributed by atoms with van der Waals surface area (Å²) in [5, 5.41) is 10.0. The molecule has 0 atom stereocenters. The van der Waals surface area contributed by atoms with Gasteiger partial charge in [0.25, 0.3) is 0 Å². The van der Waals surface area contributed by atoms with E-state index in [2.05, 4.69) is 141 Å². The first-order chi connectivity index (χ1) is 23.0. The largest absolute Gasteiger partial charge is 0.135 e. The molecule has 0 N–H and O–H groups in total. The Hall–Kier alpha value is -5.24. The Morgan fingerprint density at radius 2 is 1.15 bits per heavy atom. The molecule has 1 heterocycles. The molecule has 0 saturated heterocycles. The van der Waals surface area contributed by atoms with Gasteiger partial charge in [0.2, 0.25) is 0 Å². The predicted octanol–water partition coefficient (Wildman–Crippen LogP) is 13.6. The summed E-state index contributed by atoms with van der Waals surface area (Å²) in [5.41, 5.74) is 8.88. The van der Waals surface area contributed by atoms with E-state index < -0.39 is 0 Å². The van der Waals surface area contributed by atoms with Crippen LogP contribution >= 0.6 is 11.3 Å². The highest BCUT2D eigenvalue weighted by atomic mass is 32.1. The SMILES string of the molecule is [2H]c1ccc2cc(-c3cccc(-c4c5ccccc5c(-c5ccc(C(C)C)c6sc7ccccc7c56)c5ccccc45)c3)ccc2c1. The third-order valence-electron chi connectivity index (χ3n) is 9.55. The molecule has 46 heavy (non-hydrogen) atoms. The number of hydrogen-bond donors (Lipinski definition) is 0. The zero-order valence-corrected chi connectivity index (χ0v) is 26.7. The molecule has 0 aliphatic rings. The van der Waals surface area contributed by atoms with E-state index >= 15 is 0 Å². The lowest BCUT2D eigenvalue weighted by atomic mass is 9.84. The van der Waals surface area contributed by atoms with Crippen LogP contribution in [-0.2, 0) is 0 Å². The van der Waals surface area contributed by atoms with Crippen molar-refractivity contribution in [3.05, 3.63) is 157 Å². The fourth-order valence-corrected chi connectivity index (χ4v) is 8.79. The molecule has 0 fully saturated rings. The van der Waals surface area contributed by atoms with Crippen molar-refractivity contribution in [3.8, 4) is 33.4 Å².